The van der Waals surface area contributed by atoms with Gasteiger partial charge in [0.05, 0.1) is 20.3 Å². The summed E-state index contributed by atoms with van der Waals surface area (Å²) in [5.74, 6) is 0.231. The Morgan fingerprint density at radius 1 is 1.11 bits per heavy atom. The number of H-pyrrole nitrogens is 1. The first kappa shape index (κ1) is 26.3. The number of nitrogens with one attached hydrogen (secondary N) is 2. The van der Waals surface area contributed by atoms with Gasteiger partial charge in [-0.2, -0.15) is 5.10 Å². The predicted octanol–water partition coefficient (Wildman–Crippen LogP) is 5.55. The Balaban J connectivity index is 1.50. The Morgan fingerprint density at radius 2 is 1.82 bits per heavy atom. The Morgan fingerprint density at radius 3 is 2.53 bits per heavy atom. The van der Waals surface area contributed by atoms with Crippen LogP contribution in [0.25, 0.3) is 32.5 Å². The third-order valence-electron chi connectivity index (χ3n) is 6.58. The van der Waals surface area contributed by atoms with Crippen LogP contribution in [0.1, 0.15) is 57.4 Å². The summed E-state index contributed by atoms with van der Waals surface area (Å²) in [6.45, 7) is 5.47. The molecule has 0 saturated heterocycles. The SMILES string of the molecule is CC(C)(C)NS(=O)(=O)c1cc(-c2ccc3c[nH]nc3c2)ccc1-c1cnc([C@H]2CC[C@H](OC(N)=O)CC2)s1. The van der Waals surface area contributed by atoms with Crippen LogP contribution in [0.2, 0.25) is 0 Å². The van der Waals surface area contributed by atoms with E-state index in [0.29, 0.717) is 5.56 Å². The largest absolute Gasteiger partial charge is 0.446 e. The molecule has 5 rings (SSSR count). The molecular weight excluding hydrogens is 522 g/mol. The number of carbonyl (C=O) groups excluding carboxylic acids is 1. The molecule has 1 fully saturated rings. The van der Waals surface area contributed by atoms with Gasteiger partial charge in [-0.05, 0) is 69.7 Å². The number of aromatic amines is 1. The summed E-state index contributed by atoms with van der Waals surface area (Å²) in [7, 11) is -3.85. The number of carbonyl (C=O) groups is 1. The van der Waals surface area contributed by atoms with Crippen molar-refractivity contribution < 1.29 is 17.9 Å². The Labute approximate surface area is 225 Å². The number of sulfonamides is 1. The second-order valence-corrected chi connectivity index (χ2v) is 13.4. The highest BCUT2D eigenvalue weighted by atomic mass is 32.2. The summed E-state index contributed by atoms with van der Waals surface area (Å²) in [5, 5.41) is 9.06. The van der Waals surface area contributed by atoms with Crippen molar-refractivity contribution in [2.24, 2.45) is 5.73 Å². The number of thiazole rings is 1. The van der Waals surface area contributed by atoms with E-state index in [1.54, 1.807) is 12.3 Å². The lowest BCUT2D eigenvalue weighted by molar-refractivity contribution is 0.0787. The van der Waals surface area contributed by atoms with Gasteiger partial charge in [0, 0.05) is 34.8 Å². The van der Waals surface area contributed by atoms with E-state index in [0.717, 1.165) is 57.6 Å². The second kappa shape index (κ2) is 10.1. The van der Waals surface area contributed by atoms with Crippen molar-refractivity contribution >= 4 is 38.4 Å². The van der Waals surface area contributed by atoms with Gasteiger partial charge in [0.2, 0.25) is 10.0 Å². The van der Waals surface area contributed by atoms with Crippen molar-refractivity contribution in [2.45, 2.75) is 68.9 Å². The number of nitrogens with zero attached hydrogens (tertiary/aromatic N) is 2. The van der Waals surface area contributed by atoms with Gasteiger partial charge < -0.3 is 10.5 Å². The van der Waals surface area contributed by atoms with Crippen molar-refractivity contribution in [3.05, 3.63) is 53.8 Å². The van der Waals surface area contributed by atoms with E-state index in [1.165, 1.54) is 11.3 Å². The van der Waals surface area contributed by atoms with Crippen molar-refractivity contribution in [1.82, 2.24) is 19.9 Å². The van der Waals surface area contributed by atoms with E-state index >= 15 is 0 Å². The van der Waals surface area contributed by atoms with Crippen molar-refractivity contribution in [3.8, 4) is 21.6 Å². The van der Waals surface area contributed by atoms with Crippen LogP contribution in [0, 0.1) is 0 Å². The van der Waals surface area contributed by atoms with Crippen molar-refractivity contribution in [2.75, 3.05) is 0 Å². The predicted molar refractivity (Wildman–Crippen MR) is 148 cm³/mol. The number of amides is 1. The van der Waals surface area contributed by atoms with Gasteiger partial charge >= 0.3 is 6.09 Å². The first-order valence-corrected chi connectivity index (χ1v) is 14.8. The summed E-state index contributed by atoms with van der Waals surface area (Å²) in [6, 6.07) is 11.4. The molecule has 200 valence electrons. The van der Waals surface area contributed by atoms with Crippen LogP contribution in [0.15, 0.2) is 53.7 Å². The summed E-state index contributed by atoms with van der Waals surface area (Å²) in [5.41, 5.74) is 7.60. The molecular formula is C27H31N5O4S2. The van der Waals surface area contributed by atoms with E-state index in [1.807, 2.05) is 57.3 Å². The quantitative estimate of drug-likeness (QED) is 0.286. The minimum Gasteiger partial charge on any atom is -0.446 e. The van der Waals surface area contributed by atoms with E-state index in [9.17, 15) is 13.2 Å². The molecule has 1 aliphatic rings. The summed E-state index contributed by atoms with van der Waals surface area (Å²) < 4.78 is 35.2. The number of aromatic nitrogens is 3. The molecule has 38 heavy (non-hydrogen) atoms. The lowest BCUT2D eigenvalue weighted by atomic mass is 9.88. The summed E-state index contributed by atoms with van der Waals surface area (Å²) in [4.78, 5) is 16.7. The smallest absolute Gasteiger partial charge is 0.404 e. The van der Waals surface area contributed by atoms with Crippen LogP contribution in [0.5, 0.6) is 0 Å². The molecule has 0 unspecified atom stereocenters. The number of benzene rings is 2. The van der Waals surface area contributed by atoms with Crippen molar-refractivity contribution in [3.63, 3.8) is 0 Å². The van der Waals surface area contributed by atoms with Gasteiger partial charge in [0.15, 0.2) is 0 Å². The van der Waals surface area contributed by atoms with E-state index in [4.69, 9.17) is 10.5 Å². The molecule has 1 amide bonds. The van der Waals surface area contributed by atoms with Gasteiger partial charge in [-0.1, -0.05) is 24.3 Å². The standard InChI is InChI=1S/C27H31N5O4S2/c1-27(2,3)32-38(34,35)24-13-18(17-4-5-19-14-30-31-22(19)12-17)8-11-21(24)23-15-29-25(37-23)16-6-9-20(10-7-16)36-26(28)33/h4-5,8,11-16,20,32H,6-7,9-10H2,1-3H3,(H2,28,33)(H,30,31)/t16-,20-. The maximum atomic E-state index is 13.6. The molecule has 4 N–H and O–H groups in total. The van der Waals surface area contributed by atoms with Gasteiger partial charge in [-0.25, -0.2) is 22.9 Å². The Bertz CT molecular complexity index is 1580. The Kier molecular flexibility index (Phi) is 7.01. The van der Waals surface area contributed by atoms with Gasteiger partial charge in [0.25, 0.3) is 0 Å². The minimum absolute atomic E-state index is 0.156. The zero-order valence-electron chi connectivity index (χ0n) is 21.5. The fourth-order valence-electron chi connectivity index (χ4n) is 4.89. The molecule has 11 heteroatoms. The highest BCUT2D eigenvalue weighted by Crippen LogP contribution is 2.41. The monoisotopic (exact) mass is 553 g/mol. The molecule has 2 aromatic carbocycles. The normalized spacial score (nSPS) is 18.5. The number of hydrogen-bond acceptors (Lipinski definition) is 7. The van der Waals surface area contributed by atoms with E-state index in [-0.39, 0.29) is 16.9 Å². The number of fused-ring (bicyclic) bond motifs is 1. The number of hydrogen-bond donors (Lipinski definition) is 3. The minimum atomic E-state index is -3.85. The molecule has 0 spiro atoms. The highest BCUT2D eigenvalue weighted by Gasteiger charge is 2.29. The highest BCUT2D eigenvalue weighted by molar-refractivity contribution is 7.89. The number of rotatable bonds is 6. The number of primary amides is 1. The fraction of sp³-hybridized carbons (Fsp3) is 0.370. The van der Waals surface area contributed by atoms with Crippen LogP contribution in [-0.4, -0.2) is 41.3 Å². The Hall–Kier alpha value is -3.28. The molecule has 1 saturated carbocycles. The van der Waals surface area contributed by atoms with Crippen LogP contribution < -0.4 is 10.5 Å². The lowest BCUT2D eigenvalue weighted by Crippen LogP contribution is -2.40. The fourth-order valence-corrected chi connectivity index (χ4v) is 7.75. The maximum absolute atomic E-state index is 13.6. The lowest BCUT2D eigenvalue weighted by Gasteiger charge is -2.26. The molecule has 0 aliphatic heterocycles. The van der Waals surface area contributed by atoms with E-state index in [2.05, 4.69) is 19.9 Å². The zero-order chi connectivity index (χ0) is 27.1. The van der Waals surface area contributed by atoms with Crippen LogP contribution in [-0.2, 0) is 14.8 Å². The number of nitrogens with two attached hydrogens (primary N) is 1. The van der Waals surface area contributed by atoms with Gasteiger partial charge in [-0.15, -0.1) is 11.3 Å². The van der Waals surface area contributed by atoms with Crippen LogP contribution >= 0.6 is 11.3 Å². The molecule has 0 bridgehead atoms. The first-order chi connectivity index (χ1) is 18.0. The van der Waals surface area contributed by atoms with Gasteiger partial charge in [-0.3, -0.25) is 5.10 Å². The van der Waals surface area contributed by atoms with Crippen LogP contribution in [0.3, 0.4) is 0 Å². The molecule has 4 aromatic rings. The average molecular weight is 554 g/mol. The first-order valence-electron chi connectivity index (χ1n) is 12.5. The topological polar surface area (TPSA) is 140 Å². The molecule has 1 aliphatic carbocycles. The maximum Gasteiger partial charge on any atom is 0.404 e. The average Bonchev–Trinajstić information content (AvgIpc) is 3.52. The summed E-state index contributed by atoms with van der Waals surface area (Å²) in [6.07, 6.45) is 5.80. The number of ether oxygens (including phenoxy) is 1. The van der Waals surface area contributed by atoms with Crippen molar-refractivity contribution in [1.29, 1.82) is 0 Å². The van der Waals surface area contributed by atoms with Gasteiger partial charge in [0.1, 0.15) is 6.10 Å². The van der Waals surface area contributed by atoms with Crippen LogP contribution in [0.4, 0.5) is 4.79 Å². The summed E-state index contributed by atoms with van der Waals surface area (Å²) >= 11 is 1.51. The molecule has 0 radical (unpaired) electrons. The second-order valence-electron chi connectivity index (χ2n) is 10.7. The third kappa shape index (κ3) is 5.74. The molecule has 2 heterocycles. The van der Waals surface area contributed by atoms with E-state index < -0.39 is 21.7 Å². The zero-order valence-corrected chi connectivity index (χ0v) is 23.2. The molecule has 2 aromatic heterocycles. The third-order valence-corrected chi connectivity index (χ3v) is 9.57. The molecule has 9 nitrogen and oxygen atoms in total. The molecule has 0 atom stereocenters.